The summed E-state index contributed by atoms with van der Waals surface area (Å²) in [6.45, 7) is 0.523. The van der Waals surface area contributed by atoms with Crippen molar-refractivity contribution < 1.29 is 9.53 Å². The van der Waals surface area contributed by atoms with Crippen molar-refractivity contribution >= 4 is 34.2 Å². The average molecular weight is 429 g/mol. The molecule has 0 saturated heterocycles. The van der Waals surface area contributed by atoms with Crippen LogP contribution in [0.3, 0.4) is 0 Å². The fraction of sp³-hybridized carbons (Fsp3) is 0.0500. The molecule has 0 aliphatic heterocycles. The number of nitrogens with one attached hydrogen (secondary N) is 1. The Morgan fingerprint density at radius 1 is 0.917 bits per heavy atom. The number of carbonyl (C=O) groups excluding carboxylic acids is 1. The zero-order valence-electron chi connectivity index (χ0n) is 12.9. The van der Waals surface area contributed by atoms with E-state index in [-0.39, 0.29) is 5.91 Å². The molecule has 4 heteroatoms. The van der Waals surface area contributed by atoms with Crippen LogP contribution in [-0.4, -0.2) is 5.91 Å². The van der Waals surface area contributed by atoms with Gasteiger partial charge < -0.3 is 10.1 Å². The Hall–Kier alpha value is -2.34. The Balaban J connectivity index is 1.59. The van der Waals surface area contributed by atoms with E-state index in [1.807, 2.05) is 72.8 Å². The normalized spacial score (nSPS) is 10.2. The van der Waals surface area contributed by atoms with Crippen LogP contribution in [0.4, 0.5) is 5.69 Å². The van der Waals surface area contributed by atoms with Crippen molar-refractivity contribution in [1.29, 1.82) is 0 Å². The number of carbonyl (C=O) groups is 1. The molecule has 0 aliphatic rings. The van der Waals surface area contributed by atoms with E-state index < -0.39 is 0 Å². The molecule has 0 bridgehead atoms. The summed E-state index contributed by atoms with van der Waals surface area (Å²) in [5, 5.41) is 2.89. The van der Waals surface area contributed by atoms with Gasteiger partial charge in [0.05, 0.1) is 0 Å². The highest BCUT2D eigenvalue weighted by Crippen LogP contribution is 2.18. The summed E-state index contributed by atoms with van der Waals surface area (Å²) in [5.74, 6) is 0.651. The predicted octanol–water partition coefficient (Wildman–Crippen LogP) is 5.12. The summed E-state index contributed by atoms with van der Waals surface area (Å²) in [5.41, 5.74) is 2.51. The molecule has 120 valence electrons. The number of amides is 1. The van der Waals surface area contributed by atoms with Gasteiger partial charge in [0.25, 0.3) is 5.91 Å². The van der Waals surface area contributed by atoms with Gasteiger partial charge in [0, 0.05) is 14.8 Å². The van der Waals surface area contributed by atoms with E-state index in [9.17, 15) is 4.79 Å². The van der Waals surface area contributed by atoms with E-state index in [0.717, 1.165) is 20.6 Å². The van der Waals surface area contributed by atoms with E-state index in [2.05, 4.69) is 27.9 Å². The fourth-order valence-electron chi connectivity index (χ4n) is 2.21. The third kappa shape index (κ3) is 4.58. The third-order valence-electron chi connectivity index (χ3n) is 3.45. The van der Waals surface area contributed by atoms with Crippen LogP contribution in [-0.2, 0) is 6.61 Å². The van der Waals surface area contributed by atoms with Gasteiger partial charge in [-0.1, -0.05) is 36.4 Å². The first-order chi connectivity index (χ1) is 11.7. The van der Waals surface area contributed by atoms with Crippen LogP contribution in [0.25, 0.3) is 0 Å². The molecule has 0 unspecified atom stereocenters. The minimum Gasteiger partial charge on any atom is -0.489 e. The summed E-state index contributed by atoms with van der Waals surface area (Å²) in [4.78, 5) is 12.2. The van der Waals surface area contributed by atoms with E-state index in [4.69, 9.17) is 4.74 Å². The molecule has 0 radical (unpaired) electrons. The zero-order valence-corrected chi connectivity index (χ0v) is 15.1. The first-order valence-electron chi connectivity index (χ1n) is 7.54. The van der Waals surface area contributed by atoms with Crippen LogP contribution in [0.5, 0.6) is 5.75 Å². The second-order valence-corrected chi connectivity index (χ2v) is 6.51. The molecule has 1 N–H and O–H groups in total. The van der Waals surface area contributed by atoms with Crippen LogP contribution >= 0.6 is 22.6 Å². The first kappa shape index (κ1) is 16.5. The maximum Gasteiger partial charge on any atom is 0.255 e. The Morgan fingerprint density at radius 2 is 1.67 bits per heavy atom. The Labute approximate surface area is 154 Å². The van der Waals surface area contributed by atoms with Gasteiger partial charge in [0.15, 0.2) is 0 Å². The van der Waals surface area contributed by atoms with Gasteiger partial charge in [-0.3, -0.25) is 4.79 Å². The van der Waals surface area contributed by atoms with E-state index in [0.29, 0.717) is 12.2 Å². The van der Waals surface area contributed by atoms with Crippen molar-refractivity contribution in [3.8, 4) is 5.75 Å². The minimum atomic E-state index is -0.119. The number of anilines is 1. The summed E-state index contributed by atoms with van der Waals surface area (Å²) in [6.07, 6.45) is 0. The van der Waals surface area contributed by atoms with Crippen molar-refractivity contribution in [2.75, 3.05) is 5.32 Å². The predicted molar refractivity (Wildman–Crippen MR) is 104 cm³/mol. The lowest BCUT2D eigenvalue weighted by Gasteiger charge is -2.09. The standard InChI is InChI=1S/C20H16INO2/c21-17-8-4-7-16(13-17)20(23)22-18-9-11-19(12-10-18)24-14-15-5-2-1-3-6-15/h1-13H,14H2,(H,22,23). The number of rotatable bonds is 5. The highest BCUT2D eigenvalue weighted by molar-refractivity contribution is 14.1. The highest BCUT2D eigenvalue weighted by Gasteiger charge is 2.06. The molecule has 0 saturated carbocycles. The Morgan fingerprint density at radius 3 is 2.38 bits per heavy atom. The SMILES string of the molecule is O=C(Nc1ccc(OCc2ccccc2)cc1)c1cccc(I)c1. The number of hydrogen-bond acceptors (Lipinski definition) is 2. The van der Waals surface area contributed by atoms with Gasteiger partial charge in [0.2, 0.25) is 0 Å². The van der Waals surface area contributed by atoms with Gasteiger partial charge in [-0.2, -0.15) is 0 Å². The second kappa shape index (κ2) is 7.97. The van der Waals surface area contributed by atoms with Gasteiger partial charge in [0.1, 0.15) is 12.4 Å². The van der Waals surface area contributed by atoms with Crippen LogP contribution < -0.4 is 10.1 Å². The molecular weight excluding hydrogens is 413 g/mol. The van der Waals surface area contributed by atoms with Crippen molar-refractivity contribution in [1.82, 2.24) is 0 Å². The quantitative estimate of drug-likeness (QED) is 0.572. The number of benzene rings is 3. The van der Waals surface area contributed by atoms with Crippen molar-refractivity contribution in [3.05, 3.63) is 93.6 Å². The maximum atomic E-state index is 12.2. The lowest BCUT2D eigenvalue weighted by atomic mass is 10.2. The van der Waals surface area contributed by atoms with Crippen LogP contribution in [0, 0.1) is 3.57 Å². The van der Waals surface area contributed by atoms with E-state index in [1.165, 1.54) is 0 Å². The molecule has 1 amide bonds. The summed E-state index contributed by atoms with van der Waals surface area (Å²) < 4.78 is 6.77. The molecule has 0 aliphatic carbocycles. The molecule has 0 atom stereocenters. The molecular formula is C20H16INO2. The molecule has 0 spiro atoms. The van der Waals surface area contributed by atoms with Crippen molar-refractivity contribution in [2.45, 2.75) is 6.61 Å². The highest BCUT2D eigenvalue weighted by atomic mass is 127. The molecule has 24 heavy (non-hydrogen) atoms. The molecule has 3 nitrogen and oxygen atoms in total. The topological polar surface area (TPSA) is 38.3 Å². The largest absolute Gasteiger partial charge is 0.489 e. The molecule has 0 aromatic heterocycles. The molecule has 0 fully saturated rings. The van der Waals surface area contributed by atoms with Crippen LogP contribution in [0.2, 0.25) is 0 Å². The summed E-state index contributed by atoms with van der Waals surface area (Å²) in [6, 6.07) is 24.9. The zero-order chi connectivity index (χ0) is 16.8. The molecule has 3 rings (SSSR count). The average Bonchev–Trinajstić information content (AvgIpc) is 2.62. The molecule has 3 aromatic carbocycles. The van der Waals surface area contributed by atoms with Crippen molar-refractivity contribution in [2.24, 2.45) is 0 Å². The van der Waals surface area contributed by atoms with Gasteiger partial charge in [-0.15, -0.1) is 0 Å². The molecule has 0 heterocycles. The van der Waals surface area contributed by atoms with Gasteiger partial charge >= 0.3 is 0 Å². The van der Waals surface area contributed by atoms with Crippen molar-refractivity contribution in [3.63, 3.8) is 0 Å². The smallest absolute Gasteiger partial charge is 0.255 e. The molecule has 3 aromatic rings. The monoisotopic (exact) mass is 429 g/mol. The fourth-order valence-corrected chi connectivity index (χ4v) is 2.75. The Bertz CT molecular complexity index is 817. The van der Waals surface area contributed by atoms with Gasteiger partial charge in [-0.05, 0) is 70.6 Å². The lowest BCUT2D eigenvalue weighted by Crippen LogP contribution is -2.11. The van der Waals surface area contributed by atoms with E-state index in [1.54, 1.807) is 6.07 Å². The first-order valence-corrected chi connectivity index (χ1v) is 8.62. The number of halogens is 1. The van der Waals surface area contributed by atoms with Gasteiger partial charge in [-0.25, -0.2) is 0 Å². The number of ether oxygens (including phenoxy) is 1. The van der Waals surface area contributed by atoms with Crippen LogP contribution in [0.1, 0.15) is 15.9 Å². The number of hydrogen-bond donors (Lipinski definition) is 1. The lowest BCUT2D eigenvalue weighted by molar-refractivity contribution is 0.102. The minimum absolute atomic E-state index is 0.119. The summed E-state index contributed by atoms with van der Waals surface area (Å²) >= 11 is 2.19. The Kier molecular flexibility index (Phi) is 5.48. The summed E-state index contributed by atoms with van der Waals surface area (Å²) in [7, 11) is 0. The second-order valence-electron chi connectivity index (χ2n) is 5.26. The van der Waals surface area contributed by atoms with E-state index >= 15 is 0 Å². The van der Waals surface area contributed by atoms with Crippen LogP contribution in [0.15, 0.2) is 78.9 Å². The third-order valence-corrected chi connectivity index (χ3v) is 4.12. The maximum absolute atomic E-state index is 12.2.